The lowest BCUT2D eigenvalue weighted by molar-refractivity contribution is -0.139. The van der Waals surface area contributed by atoms with E-state index >= 15 is 0 Å². The average molecular weight is 481 g/mol. The maximum atomic E-state index is 13.5. The fourth-order valence-electron chi connectivity index (χ4n) is 4.17. The van der Waals surface area contributed by atoms with Gasteiger partial charge in [-0.2, -0.15) is 0 Å². The zero-order valence-electron chi connectivity index (χ0n) is 21.4. The molecule has 0 N–H and O–H groups in total. The zero-order valence-corrected chi connectivity index (χ0v) is 21.4. The number of hydrogen-bond acceptors (Lipinski definition) is 4. The van der Waals surface area contributed by atoms with Crippen molar-refractivity contribution in [2.75, 3.05) is 13.2 Å². The SMILES string of the molecule is CCCCCCCN(Cc1ccc(C(C)(C)C)cc1)C(=Nc1ccc(F)cc1)C1C(=O)COC1=O. The summed E-state index contributed by atoms with van der Waals surface area (Å²) in [6.07, 6.45) is 5.44. The monoisotopic (exact) mass is 480 g/mol. The van der Waals surface area contributed by atoms with Gasteiger partial charge in [-0.05, 0) is 47.2 Å². The number of aliphatic imine (C=N–C) groups is 1. The van der Waals surface area contributed by atoms with Crippen molar-refractivity contribution in [1.82, 2.24) is 4.90 Å². The van der Waals surface area contributed by atoms with Crippen molar-refractivity contribution < 1.29 is 18.7 Å². The standard InChI is InChI=1S/C29H37FN2O3/c1-5-6-7-8-9-18-32(19-21-10-12-22(13-11-21)29(2,3)4)27(26-25(33)20-35-28(26)34)31-24-16-14-23(30)15-17-24/h10-17,26H,5-9,18-20H2,1-4H3. The number of rotatable bonds is 10. The average Bonchev–Trinajstić information content (AvgIpc) is 3.15. The number of carbonyl (C=O) groups is 2. The van der Waals surface area contributed by atoms with Crippen LogP contribution >= 0.6 is 0 Å². The van der Waals surface area contributed by atoms with Crippen LogP contribution in [0.3, 0.4) is 0 Å². The van der Waals surface area contributed by atoms with Crippen molar-refractivity contribution in [1.29, 1.82) is 0 Å². The Balaban J connectivity index is 1.95. The second-order valence-corrected chi connectivity index (χ2v) is 10.2. The number of amidine groups is 1. The van der Waals surface area contributed by atoms with Crippen molar-refractivity contribution in [3.63, 3.8) is 0 Å². The highest BCUT2D eigenvalue weighted by atomic mass is 19.1. The number of nitrogens with zero attached hydrogens (tertiary/aromatic N) is 2. The van der Waals surface area contributed by atoms with Crippen molar-refractivity contribution >= 4 is 23.3 Å². The van der Waals surface area contributed by atoms with E-state index < -0.39 is 11.9 Å². The number of ether oxygens (including phenoxy) is 1. The molecule has 0 radical (unpaired) electrons. The Labute approximate surface area is 208 Å². The third-order valence-corrected chi connectivity index (χ3v) is 6.29. The lowest BCUT2D eigenvalue weighted by Gasteiger charge is -2.28. The van der Waals surface area contributed by atoms with Crippen LogP contribution in [0.25, 0.3) is 0 Å². The summed E-state index contributed by atoms with van der Waals surface area (Å²) in [5, 5.41) is 0. The van der Waals surface area contributed by atoms with Gasteiger partial charge in [-0.3, -0.25) is 9.59 Å². The van der Waals surface area contributed by atoms with Gasteiger partial charge in [-0.25, -0.2) is 9.38 Å². The lowest BCUT2D eigenvalue weighted by atomic mass is 9.86. The molecule has 6 heteroatoms. The second-order valence-electron chi connectivity index (χ2n) is 10.2. The first kappa shape index (κ1) is 26.6. The fraction of sp³-hybridized carbons (Fsp3) is 0.483. The van der Waals surface area contributed by atoms with Crippen molar-refractivity contribution in [3.8, 4) is 0 Å². The fourth-order valence-corrected chi connectivity index (χ4v) is 4.17. The minimum absolute atomic E-state index is 0.0483. The molecule has 0 amide bonds. The molecule has 1 heterocycles. The Kier molecular flexibility index (Phi) is 9.19. The van der Waals surface area contributed by atoms with E-state index in [1.165, 1.54) is 24.1 Å². The zero-order chi connectivity index (χ0) is 25.4. The Morgan fingerprint density at radius 1 is 1.00 bits per heavy atom. The van der Waals surface area contributed by atoms with E-state index in [2.05, 4.69) is 52.0 Å². The van der Waals surface area contributed by atoms with E-state index in [4.69, 9.17) is 9.73 Å². The van der Waals surface area contributed by atoms with Crippen LogP contribution in [0.1, 0.15) is 70.9 Å². The number of benzene rings is 2. The molecule has 1 aliphatic heterocycles. The molecule has 1 unspecified atom stereocenters. The molecule has 1 saturated heterocycles. The summed E-state index contributed by atoms with van der Waals surface area (Å²) >= 11 is 0. The quantitative estimate of drug-likeness (QED) is 0.130. The summed E-state index contributed by atoms with van der Waals surface area (Å²) in [5.41, 5.74) is 2.85. The van der Waals surface area contributed by atoms with Gasteiger partial charge in [0, 0.05) is 13.1 Å². The molecule has 1 aliphatic rings. The maximum Gasteiger partial charge on any atom is 0.324 e. The Bertz CT molecular complexity index is 1010. The minimum Gasteiger partial charge on any atom is -0.457 e. The van der Waals surface area contributed by atoms with Crippen molar-refractivity contribution in [2.24, 2.45) is 10.9 Å². The molecule has 0 bridgehead atoms. The molecule has 35 heavy (non-hydrogen) atoms. The minimum atomic E-state index is -1.07. The van der Waals surface area contributed by atoms with Crippen LogP contribution in [0.4, 0.5) is 10.1 Å². The highest BCUT2D eigenvalue weighted by molar-refractivity contribution is 6.21. The first-order valence-electron chi connectivity index (χ1n) is 12.6. The molecule has 3 rings (SSSR count). The first-order valence-corrected chi connectivity index (χ1v) is 12.6. The van der Waals surface area contributed by atoms with E-state index in [9.17, 15) is 14.0 Å². The highest BCUT2D eigenvalue weighted by Crippen LogP contribution is 2.25. The Hall–Kier alpha value is -3.02. The second kappa shape index (κ2) is 12.1. The first-order chi connectivity index (χ1) is 16.7. The summed E-state index contributed by atoms with van der Waals surface area (Å²) in [4.78, 5) is 32.0. The molecule has 0 saturated carbocycles. The molecule has 0 aromatic heterocycles. The number of halogens is 1. The van der Waals surface area contributed by atoms with E-state index in [0.29, 0.717) is 24.6 Å². The van der Waals surface area contributed by atoms with Gasteiger partial charge in [0.2, 0.25) is 0 Å². The number of unbranched alkanes of at least 4 members (excludes halogenated alkanes) is 4. The number of Topliss-reactive ketones (excluding diaryl/α,β-unsaturated/α-hetero) is 1. The van der Waals surface area contributed by atoms with E-state index in [-0.39, 0.29) is 23.6 Å². The predicted octanol–water partition coefficient (Wildman–Crippen LogP) is 6.37. The Morgan fingerprint density at radius 2 is 1.66 bits per heavy atom. The molecular weight excluding hydrogens is 443 g/mol. The van der Waals surface area contributed by atoms with Crippen LogP contribution in [-0.2, 0) is 26.3 Å². The van der Waals surface area contributed by atoms with Crippen LogP contribution in [0.5, 0.6) is 0 Å². The van der Waals surface area contributed by atoms with E-state index in [1.54, 1.807) is 12.1 Å². The van der Waals surface area contributed by atoms with Crippen molar-refractivity contribution in [3.05, 3.63) is 65.5 Å². The largest absolute Gasteiger partial charge is 0.457 e. The third kappa shape index (κ3) is 7.48. The summed E-state index contributed by atoms with van der Waals surface area (Å²) in [7, 11) is 0. The smallest absolute Gasteiger partial charge is 0.324 e. The predicted molar refractivity (Wildman–Crippen MR) is 137 cm³/mol. The summed E-state index contributed by atoms with van der Waals surface area (Å²) in [5.74, 6) is -1.93. The molecule has 2 aromatic rings. The van der Waals surface area contributed by atoms with Crippen LogP contribution in [0, 0.1) is 11.7 Å². The number of carbonyl (C=O) groups excluding carboxylic acids is 2. The van der Waals surface area contributed by atoms with Crippen LogP contribution in [-0.4, -0.2) is 35.6 Å². The molecule has 5 nitrogen and oxygen atoms in total. The molecule has 188 valence electrons. The van der Waals surface area contributed by atoms with Gasteiger partial charge in [0.15, 0.2) is 18.3 Å². The molecule has 1 atom stereocenters. The van der Waals surface area contributed by atoms with Gasteiger partial charge in [0.05, 0.1) is 5.69 Å². The van der Waals surface area contributed by atoms with Gasteiger partial charge in [-0.1, -0.05) is 77.6 Å². The summed E-state index contributed by atoms with van der Waals surface area (Å²) in [6.45, 7) is 9.63. The normalized spacial score (nSPS) is 16.5. The topological polar surface area (TPSA) is 59.0 Å². The van der Waals surface area contributed by atoms with Gasteiger partial charge >= 0.3 is 5.97 Å². The highest BCUT2D eigenvalue weighted by Gasteiger charge is 2.41. The maximum absolute atomic E-state index is 13.5. The van der Waals surface area contributed by atoms with Gasteiger partial charge in [-0.15, -0.1) is 0 Å². The van der Waals surface area contributed by atoms with E-state index in [1.807, 2.05) is 4.90 Å². The van der Waals surface area contributed by atoms with Crippen LogP contribution in [0.15, 0.2) is 53.5 Å². The van der Waals surface area contributed by atoms with E-state index in [0.717, 1.165) is 31.2 Å². The van der Waals surface area contributed by atoms with Crippen molar-refractivity contribution in [2.45, 2.75) is 71.8 Å². The number of ketones is 1. The number of hydrogen-bond donors (Lipinski definition) is 0. The summed E-state index contributed by atoms with van der Waals surface area (Å²) < 4.78 is 18.6. The number of cyclic esters (lactones) is 1. The van der Waals surface area contributed by atoms with Crippen LogP contribution < -0.4 is 0 Å². The van der Waals surface area contributed by atoms with Gasteiger partial charge in [0.1, 0.15) is 11.7 Å². The molecule has 0 spiro atoms. The molecule has 1 fully saturated rings. The van der Waals surface area contributed by atoms with Crippen LogP contribution in [0.2, 0.25) is 0 Å². The molecular formula is C29H37FN2O3. The molecule has 2 aromatic carbocycles. The molecule has 0 aliphatic carbocycles. The Morgan fingerprint density at radius 3 is 2.23 bits per heavy atom. The third-order valence-electron chi connectivity index (χ3n) is 6.29. The van der Waals surface area contributed by atoms with Gasteiger partial charge < -0.3 is 9.64 Å². The van der Waals surface area contributed by atoms with Gasteiger partial charge in [0.25, 0.3) is 0 Å². The lowest BCUT2D eigenvalue weighted by Crippen LogP contribution is -2.41. The number of esters is 1. The summed E-state index contributed by atoms with van der Waals surface area (Å²) in [6, 6.07) is 14.2.